The Morgan fingerprint density at radius 1 is 1.42 bits per heavy atom. The second-order valence-electron chi connectivity index (χ2n) is 5.10. The van der Waals surface area contributed by atoms with Crippen LogP contribution in [-0.4, -0.2) is 23.8 Å². The molecule has 1 aliphatic carbocycles. The van der Waals surface area contributed by atoms with E-state index >= 15 is 0 Å². The highest BCUT2D eigenvalue weighted by Crippen LogP contribution is 2.22. The molecule has 0 atom stereocenters. The van der Waals surface area contributed by atoms with Gasteiger partial charge in [-0.25, -0.2) is 4.39 Å². The van der Waals surface area contributed by atoms with Gasteiger partial charge in [-0.1, -0.05) is 0 Å². The first-order valence-corrected chi connectivity index (χ1v) is 6.50. The average molecular weight is 260 g/mol. The Kier molecular flexibility index (Phi) is 4.28. The molecule has 1 aromatic rings. The third-order valence-corrected chi connectivity index (χ3v) is 3.74. The molecule has 0 unspecified atom stereocenters. The van der Waals surface area contributed by atoms with Gasteiger partial charge in [0, 0.05) is 25.4 Å². The second kappa shape index (κ2) is 5.94. The van der Waals surface area contributed by atoms with Gasteiger partial charge in [-0.05, 0) is 43.7 Å². The van der Waals surface area contributed by atoms with E-state index in [4.69, 9.17) is 5.26 Å². The van der Waals surface area contributed by atoms with E-state index in [-0.39, 0.29) is 5.82 Å². The van der Waals surface area contributed by atoms with Crippen molar-refractivity contribution in [3.8, 4) is 6.07 Å². The van der Waals surface area contributed by atoms with E-state index < -0.39 is 0 Å². The van der Waals surface area contributed by atoms with E-state index in [1.807, 2.05) is 7.05 Å². The number of hydrogen-bond donors (Lipinski definition) is 0. The Hall–Kier alpha value is -1.73. The predicted molar refractivity (Wildman–Crippen MR) is 69.8 cm³/mol. The van der Waals surface area contributed by atoms with Crippen LogP contribution in [0.3, 0.4) is 0 Å². The number of halogens is 1. The summed E-state index contributed by atoms with van der Waals surface area (Å²) in [7, 11) is 1.96. The molecule has 0 amide bonds. The maximum Gasteiger partial charge on any atom is 0.133 e. The average Bonchev–Trinajstić information content (AvgIpc) is 2.39. The highest BCUT2D eigenvalue weighted by molar-refractivity contribution is 5.79. The van der Waals surface area contributed by atoms with Crippen LogP contribution in [0.15, 0.2) is 18.2 Å². The van der Waals surface area contributed by atoms with E-state index in [1.165, 1.54) is 18.2 Å². The van der Waals surface area contributed by atoms with Gasteiger partial charge in [0.05, 0.1) is 11.6 Å². The van der Waals surface area contributed by atoms with Gasteiger partial charge in [0.2, 0.25) is 0 Å². The van der Waals surface area contributed by atoms with E-state index in [9.17, 15) is 9.18 Å². The van der Waals surface area contributed by atoms with Gasteiger partial charge in [-0.2, -0.15) is 5.26 Å². The van der Waals surface area contributed by atoms with Gasteiger partial charge in [-0.3, -0.25) is 9.69 Å². The molecule has 0 bridgehead atoms. The highest BCUT2D eigenvalue weighted by Gasteiger charge is 2.22. The molecule has 0 spiro atoms. The first kappa shape index (κ1) is 13.7. The zero-order valence-corrected chi connectivity index (χ0v) is 11.0. The van der Waals surface area contributed by atoms with Crippen LogP contribution < -0.4 is 0 Å². The van der Waals surface area contributed by atoms with E-state index in [2.05, 4.69) is 11.0 Å². The minimum Gasteiger partial charge on any atom is -0.300 e. The lowest BCUT2D eigenvalue weighted by Crippen LogP contribution is -2.35. The van der Waals surface area contributed by atoms with Crippen molar-refractivity contribution in [1.82, 2.24) is 4.90 Å². The normalized spacial score (nSPS) is 16.6. The Balaban J connectivity index is 2.06. The van der Waals surface area contributed by atoms with Crippen LogP contribution in [0, 0.1) is 17.1 Å². The number of benzene rings is 1. The SMILES string of the molecule is CN(Cc1cc(F)ccc1C#N)C1CCC(=O)CC1. The summed E-state index contributed by atoms with van der Waals surface area (Å²) in [5, 5.41) is 9.03. The molecule has 19 heavy (non-hydrogen) atoms. The van der Waals surface area contributed by atoms with Gasteiger partial charge in [0.1, 0.15) is 11.6 Å². The van der Waals surface area contributed by atoms with Crippen LogP contribution in [0.25, 0.3) is 0 Å². The Morgan fingerprint density at radius 3 is 2.74 bits per heavy atom. The number of nitrogens with zero attached hydrogens (tertiary/aromatic N) is 2. The summed E-state index contributed by atoms with van der Waals surface area (Å²) in [5.41, 5.74) is 1.22. The monoisotopic (exact) mass is 260 g/mol. The van der Waals surface area contributed by atoms with Gasteiger partial charge in [0.25, 0.3) is 0 Å². The molecular weight excluding hydrogens is 243 g/mol. The first-order valence-electron chi connectivity index (χ1n) is 6.50. The lowest BCUT2D eigenvalue weighted by Gasteiger charge is -2.30. The van der Waals surface area contributed by atoms with Crippen LogP contribution in [0.5, 0.6) is 0 Å². The van der Waals surface area contributed by atoms with Crippen LogP contribution >= 0.6 is 0 Å². The summed E-state index contributed by atoms with van der Waals surface area (Å²) in [6.07, 6.45) is 2.96. The standard InChI is InChI=1S/C15H17FN2O/c1-18(14-4-6-15(19)7-5-14)10-12-8-13(16)3-2-11(12)9-17/h2-3,8,14H,4-7,10H2,1H3. The van der Waals surface area contributed by atoms with Crippen molar-refractivity contribution in [2.24, 2.45) is 0 Å². The number of rotatable bonds is 3. The number of Topliss-reactive ketones (excluding diaryl/α,β-unsaturated/α-hetero) is 1. The fraction of sp³-hybridized carbons (Fsp3) is 0.467. The van der Waals surface area contributed by atoms with Gasteiger partial charge < -0.3 is 0 Å². The molecule has 0 aliphatic heterocycles. The summed E-state index contributed by atoms with van der Waals surface area (Å²) in [6.45, 7) is 0.541. The van der Waals surface area contributed by atoms with Crippen molar-refractivity contribution < 1.29 is 9.18 Å². The van der Waals surface area contributed by atoms with E-state index in [1.54, 1.807) is 0 Å². The number of nitriles is 1. The van der Waals surface area contributed by atoms with Gasteiger partial charge >= 0.3 is 0 Å². The molecule has 0 saturated heterocycles. The highest BCUT2D eigenvalue weighted by atomic mass is 19.1. The second-order valence-corrected chi connectivity index (χ2v) is 5.10. The maximum absolute atomic E-state index is 13.3. The molecule has 1 fully saturated rings. The van der Waals surface area contributed by atoms with E-state index in [0.29, 0.717) is 42.3 Å². The molecule has 1 aliphatic rings. The number of ketones is 1. The largest absolute Gasteiger partial charge is 0.300 e. The van der Waals surface area contributed by atoms with Gasteiger partial charge in [0.15, 0.2) is 0 Å². The zero-order chi connectivity index (χ0) is 13.8. The number of carbonyl (C=O) groups excluding carboxylic acids is 1. The smallest absolute Gasteiger partial charge is 0.133 e. The molecule has 4 heteroatoms. The molecule has 0 N–H and O–H groups in total. The molecule has 0 aromatic heterocycles. The summed E-state index contributed by atoms with van der Waals surface area (Å²) >= 11 is 0. The molecule has 2 rings (SSSR count). The molecule has 100 valence electrons. The minimum atomic E-state index is -0.318. The topological polar surface area (TPSA) is 44.1 Å². The fourth-order valence-corrected chi connectivity index (χ4v) is 2.57. The quantitative estimate of drug-likeness (QED) is 0.839. The van der Waals surface area contributed by atoms with Crippen LogP contribution in [0.2, 0.25) is 0 Å². The summed E-state index contributed by atoms with van der Waals surface area (Å²) in [5.74, 6) is 0.00865. The molecule has 3 nitrogen and oxygen atoms in total. The number of carbonyl (C=O) groups is 1. The van der Waals surface area contributed by atoms with Crippen LogP contribution in [0.1, 0.15) is 36.8 Å². The third-order valence-electron chi connectivity index (χ3n) is 3.74. The zero-order valence-electron chi connectivity index (χ0n) is 11.0. The minimum absolute atomic E-state index is 0.318. The first-order chi connectivity index (χ1) is 9.10. The van der Waals surface area contributed by atoms with Crippen molar-refractivity contribution in [3.05, 3.63) is 35.1 Å². The van der Waals surface area contributed by atoms with Crippen LogP contribution in [0.4, 0.5) is 4.39 Å². The molecule has 1 saturated carbocycles. The van der Waals surface area contributed by atoms with Crippen molar-refractivity contribution in [2.45, 2.75) is 38.3 Å². The Morgan fingerprint density at radius 2 is 2.11 bits per heavy atom. The summed E-state index contributed by atoms with van der Waals surface area (Å²) < 4.78 is 13.3. The van der Waals surface area contributed by atoms with Crippen molar-refractivity contribution in [3.63, 3.8) is 0 Å². The Bertz CT molecular complexity index is 511. The lowest BCUT2D eigenvalue weighted by atomic mass is 9.93. The fourth-order valence-electron chi connectivity index (χ4n) is 2.57. The lowest BCUT2D eigenvalue weighted by molar-refractivity contribution is -0.121. The van der Waals surface area contributed by atoms with E-state index in [0.717, 1.165) is 12.8 Å². The third kappa shape index (κ3) is 3.39. The Labute approximate surface area is 112 Å². The maximum atomic E-state index is 13.3. The number of hydrogen-bond acceptors (Lipinski definition) is 3. The predicted octanol–water partition coefficient (Wildman–Crippen LogP) is 2.64. The molecule has 0 heterocycles. The summed E-state index contributed by atoms with van der Waals surface area (Å²) in [4.78, 5) is 13.3. The summed E-state index contributed by atoms with van der Waals surface area (Å²) in [6, 6.07) is 6.67. The van der Waals surface area contributed by atoms with Crippen molar-refractivity contribution in [2.75, 3.05) is 7.05 Å². The van der Waals surface area contributed by atoms with Crippen molar-refractivity contribution in [1.29, 1.82) is 5.26 Å². The van der Waals surface area contributed by atoms with Crippen LogP contribution in [-0.2, 0) is 11.3 Å². The molecule has 0 radical (unpaired) electrons. The van der Waals surface area contributed by atoms with Gasteiger partial charge in [-0.15, -0.1) is 0 Å². The molecule has 1 aromatic carbocycles. The molecular formula is C15H17FN2O. The van der Waals surface area contributed by atoms with Crippen molar-refractivity contribution >= 4 is 5.78 Å².